The van der Waals surface area contributed by atoms with Crippen molar-refractivity contribution in [3.8, 4) is 0 Å². The number of hydrazone groups is 1. The van der Waals surface area contributed by atoms with Gasteiger partial charge in [0, 0.05) is 0 Å². The number of carboxylic acid groups (broad SMARTS) is 2. The Balaban J connectivity index is 1.95. The van der Waals surface area contributed by atoms with Gasteiger partial charge in [-0.3, -0.25) is 5.43 Å². The molecule has 0 saturated heterocycles. The largest absolute Gasteiger partial charge is 0.478 e. The molecular weight excluding hydrogens is 438 g/mol. The highest BCUT2D eigenvalue weighted by Crippen LogP contribution is 2.23. The molecule has 0 aliphatic carbocycles. The Morgan fingerprint density at radius 3 is 1.97 bits per heavy atom. The van der Waals surface area contributed by atoms with Gasteiger partial charge in [0.15, 0.2) is 5.03 Å². The highest BCUT2D eigenvalue weighted by atomic mass is 32.2. The number of sulfone groups is 1. The first-order chi connectivity index (χ1) is 14.0. The summed E-state index contributed by atoms with van der Waals surface area (Å²) < 4.78 is 51.5. The van der Waals surface area contributed by atoms with Crippen LogP contribution in [0, 0.1) is 0 Å². The molecule has 13 heteroatoms. The third-order valence-electron chi connectivity index (χ3n) is 3.89. The van der Waals surface area contributed by atoms with Gasteiger partial charge in [0.05, 0.1) is 27.1 Å². The lowest BCUT2D eigenvalue weighted by Gasteiger charge is -2.24. The van der Waals surface area contributed by atoms with Crippen LogP contribution in [0.3, 0.4) is 0 Å². The van der Waals surface area contributed by atoms with Gasteiger partial charge in [0.25, 0.3) is 10.0 Å². The van der Waals surface area contributed by atoms with Crippen LogP contribution in [0.5, 0.6) is 0 Å². The molecule has 0 radical (unpaired) electrons. The molecule has 0 atom stereocenters. The molecule has 0 bridgehead atoms. The van der Waals surface area contributed by atoms with Crippen molar-refractivity contribution in [2.45, 2.75) is 9.79 Å². The minimum atomic E-state index is -4.45. The summed E-state index contributed by atoms with van der Waals surface area (Å²) in [5.74, 6) is -2.68. The number of hydrogen-bond acceptors (Lipinski definition) is 8. The van der Waals surface area contributed by atoms with E-state index in [0.717, 1.165) is 36.6 Å². The van der Waals surface area contributed by atoms with Crippen molar-refractivity contribution in [2.24, 2.45) is 5.10 Å². The van der Waals surface area contributed by atoms with Crippen molar-refractivity contribution in [3.63, 3.8) is 0 Å². The summed E-state index contributed by atoms with van der Waals surface area (Å²) in [5.41, 5.74) is 1.60. The molecule has 0 fully saturated rings. The highest BCUT2D eigenvalue weighted by Gasteiger charge is 2.31. The number of carbonyl (C=O) groups is 2. The average Bonchev–Trinajstić information content (AvgIpc) is 2.74. The second-order valence-electron chi connectivity index (χ2n) is 5.82. The summed E-state index contributed by atoms with van der Waals surface area (Å²) in [5, 5.41) is 21.1. The molecule has 0 aromatic heterocycles. The Bertz CT molecular complexity index is 1310. The second kappa shape index (κ2) is 7.61. The van der Waals surface area contributed by atoms with Crippen molar-refractivity contribution >= 4 is 38.0 Å². The van der Waals surface area contributed by atoms with E-state index in [9.17, 15) is 26.4 Å². The number of rotatable bonds is 6. The van der Waals surface area contributed by atoms with E-state index in [4.69, 9.17) is 10.2 Å². The van der Waals surface area contributed by atoms with Crippen LogP contribution in [0.2, 0.25) is 0 Å². The molecule has 2 aromatic carbocycles. The molecule has 2 aromatic rings. The molecule has 3 rings (SSSR count). The number of benzene rings is 2. The lowest BCUT2D eigenvalue weighted by atomic mass is 10.2. The molecule has 1 aliphatic heterocycles. The van der Waals surface area contributed by atoms with Crippen LogP contribution in [-0.2, 0) is 19.9 Å². The standard InChI is InChI=1S/C17H13N3O8S2/c21-16(22)11-3-1-5-13(9-11)29(25,26)15-7-8-18-20(19-15)30(27,28)14-6-2-4-12(10-14)17(23)24/h1-10,19H,(H,21,22)(H,23,24). The summed E-state index contributed by atoms with van der Waals surface area (Å²) in [7, 11) is -8.77. The molecule has 30 heavy (non-hydrogen) atoms. The highest BCUT2D eigenvalue weighted by molar-refractivity contribution is 7.95. The van der Waals surface area contributed by atoms with E-state index in [1.807, 2.05) is 0 Å². The van der Waals surface area contributed by atoms with Crippen molar-refractivity contribution in [1.82, 2.24) is 9.95 Å². The van der Waals surface area contributed by atoms with Gasteiger partial charge in [-0.2, -0.15) is 8.42 Å². The number of sulfonamides is 1. The van der Waals surface area contributed by atoms with Crippen LogP contribution in [0.1, 0.15) is 20.7 Å². The fraction of sp³-hybridized carbons (Fsp3) is 0. The molecule has 0 unspecified atom stereocenters. The number of carboxylic acids is 2. The van der Waals surface area contributed by atoms with E-state index < -0.39 is 41.7 Å². The average molecular weight is 451 g/mol. The fourth-order valence-electron chi connectivity index (χ4n) is 2.41. The minimum absolute atomic E-state index is 0.267. The summed E-state index contributed by atoms with van der Waals surface area (Å²) in [6.45, 7) is 0. The van der Waals surface area contributed by atoms with Crippen LogP contribution >= 0.6 is 0 Å². The molecule has 11 nitrogen and oxygen atoms in total. The van der Waals surface area contributed by atoms with Crippen molar-refractivity contribution in [3.05, 3.63) is 70.8 Å². The van der Waals surface area contributed by atoms with Crippen molar-refractivity contribution in [1.29, 1.82) is 0 Å². The first-order valence-electron chi connectivity index (χ1n) is 8.01. The molecule has 156 valence electrons. The minimum Gasteiger partial charge on any atom is -0.478 e. The number of hydrogen-bond donors (Lipinski definition) is 3. The first-order valence-corrected chi connectivity index (χ1v) is 10.9. The summed E-state index contributed by atoms with van der Waals surface area (Å²) in [6, 6.07) is 8.97. The summed E-state index contributed by atoms with van der Waals surface area (Å²) in [6.07, 6.45) is 1.92. The van der Waals surface area contributed by atoms with Crippen LogP contribution in [0.25, 0.3) is 0 Å². The number of nitrogens with one attached hydrogen (secondary N) is 1. The Labute approximate surface area is 170 Å². The van der Waals surface area contributed by atoms with E-state index >= 15 is 0 Å². The number of nitrogens with zero attached hydrogens (tertiary/aromatic N) is 2. The van der Waals surface area contributed by atoms with Crippen LogP contribution in [0.4, 0.5) is 0 Å². The van der Waals surface area contributed by atoms with Crippen molar-refractivity contribution in [2.75, 3.05) is 0 Å². The zero-order valence-electron chi connectivity index (χ0n) is 14.8. The van der Waals surface area contributed by atoms with E-state index in [0.29, 0.717) is 0 Å². The van der Waals surface area contributed by atoms with E-state index in [1.165, 1.54) is 24.3 Å². The van der Waals surface area contributed by atoms with Gasteiger partial charge in [-0.15, -0.1) is 5.10 Å². The van der Waals surface area contributed by atoms with Crippen LogP contribution in [0.15, 0.2) is 74.5 Å². The van der Waals surface area contributed by atoms with E-state index in [-0.39, 0.29) is 20.5 Å². The first kappa shape index (κ1) is 21.0. The Hall–Kier alpha value is -3.71. The molecule has 0 saturated carbocycles. The van der Waals surface area contributed by atoms with Gasteiger partial charge < -0.3 is 10.2 Å². The Morgan fingerprint density at radius 1 is 0.867 bits per heavy atom. The van der Waals surface area contributed by atoms with E-state index in [1.54, 1.807) is 0 Å². The third-order valence-corrected chi connectivity index (χ3v) is 7.06. The quantitative estimate of drug-likeness (QED) is 0.577. The van der Waals surface area contributed by atoms with Gasteiger partial charge in [-0.05, 0) is 42.5 Å². The smallest absolute Gasteiger partial charge is 0.335 e. The maximum atomic E-state index is 12.8. The molecule has 0 amide bonds. The van der Waals surface area contributed by atoms with Crippen LogP contribution < -0.4 is 5.43 Å². The number of aromatic carboxylic acids is 2. The number of allylic oxidation sites excluding steroid dienone is 1. The van der Waals surface area contributed by atoms with Gasteiger partial charge in [-0.1, -0.05) is 16.7 Å². The van der Waals surface area contributed by atoms with Gasteiger partial charge in [0.1, 0.15) is 0 Å². The Kier molecular flexibility index (Phi) is 5.33. The maximum Gasteiger partial charge on any atom is 0.335 e. The molecule has 1 aliphatic rings. The van der Waals surface area contributed by atoms with E-state index in [2.05, 4.69) is 10.5 Å². The third kappa shape index (κ3) is 3.88. The SMILES string of the molecule is O=C(O)c1cccc(S(=O)(=O)C2=CC=NN(S(=O)(=O)c3cccc(C(=O)O)c3)N2)c1. The predicted molar refractivity (Wildman–Crippen MR) is 103 cm³/mol. The number of hydrazine groups is 1. The lowest BCUT2D eigenvalue weighted by Crippen LogP contribution is -2.42. The fourth-order valence-corrected chi connectivity index (χ4v) is 4.83. The van der Waals surface area contributed by atoms with Crippen molar-refractivity contribution < 1.29 is 36.6 Å². The normalized spacial score (nSPS) is 14.0. The van der Waals surface area contributed by atoms with Gasteiger partial charge >= 0.3 is 11.9 Å². The van der Waals surface area contributed by atoms with Gasteiger partial charge in [0.2, 0.25) is 9.84 Å². The van der Waals surface area contributed by atoms with Gasteiger partial charge in [-0.25, -0.2) is 18.0 Å². The Morgan fingerprint density at radius 2 is 1.40 bits per heavy atom. The predicted octanol–water partition coefficient (Wildman–Crippen LogP) is 0.893. The summed E-state index contributed by atoms with van der Waals surface area (Å²) in [4.78, 5) is 21.4. The molecule has 3 N–H and O–H groups in total. The molecular formula is C17H13N3O8S2. The zero-order chi connectivity index (χ0) is 22.1. The lowest BCUT2D eigenvalue weighted by molar-refractivity contribution is 0.0685. The molecule has 0 spiro atoms. The second-order valence-corrected chi connectivity index (χ2v) is 9.51. The van der Waals surface area contributed by atoms with Crippen LogP contribution in [-0.4, -0.2) is 49.7 Å². The zero-order valence-corrected chi connectivity index (χ0v) is 16.5. The topological polar surface area (TPSA) is 171 Å². The monoisotopic (exact) mass is 451 g/mol. The molecule has 1 heterocycles. The maximum absolute atomic E-state index is 12.8. The summed E-state index contributed by atoms with van der Waals surface area (Å²) >= 11 is 0.